The zero-order valence-corrected chi connectivity index (χ0v) is 21.2. The molecular weight excluding hydrogens is 448 g/mol. The molecule has 0 aromatic heterocycles. The van der Waals surface area contributed by atoms with E-state index in [-0.39, 0.29) is 5.78 Å². The number of hydrogen-bond acceptors (Lipinski definition) is 4. The molecule has 0 heterocycles. The van der Waals surface area contributed by atoms with E-state index in [0.717, 1.165) is 11.1 Å². The topological polar surface area (TPSA) is 52.6 Å². The molecule has 0 radical (unpaired) electrons. The van der Waals surface area contributed by atoms with E-state index < -0.39 is 17.1 Å². The zero-order chi connectivity index (χ0) is 26.0. The highest BCUT2D eigenvalue weighted by atomic mass is 17.2. The third-order valence-corrected chi connectivity index (χ3v) is 5.88. The maximum atomic E-state index is 12.1. The number of carbonyl (C=O) groups excluding carboxylic acids is 2. The highest BCUT2D eigenvalue weighted by Gasteiger charge is 2.29. The summed E-state index contributed by atoms with van der Waals surface area (Å²) in [6, 6.07) is 29.1. The molecule has 0 bridgehead atoms. The van der Waals surface area contributed by atoms with E-state index in [1.54, 1.807) is 48.6 Å². The Balaban J connectivity index is 0.000000205. The molecule has 36 heavy (non-hydrogen) atoms. The second kappa shape index (κ2) is 12.2. The number of hydrogen-bond donors (Lipinski definition) is 0. The molecule has 0 aliphatic heterocycles. The molecule has 0 saturated heterocycles. The largest absolute Gasteiger partial charge is 0.293 e. The van der Waals surface area contributed by atoms with Crippen molar-refractivity contribution in [2.24, 2.45) is 5.92 Å². The summed E-state index contributed by atoms with van der Waals surface area (Å²) in [5.74, 6) is 1.25. The number of Topliss-reactive ketones (excluding diaryl/α,β-unsaturated/α-hetero) is 1. The smallest absolute Gasteiger partial charge is 0.174 e. The van der Waals surface area contributed by atoms with Gasteiger partial charge in [0.05, 0.1) is 11.5 Å². The SMILES string of the molecule is CC(C)(OOC(C)(C)c1ccccc1)c1ccccc1.O=C=C1C=CC=CC1C(=O)c1ccccc1. The van der Waals surface area contributed by atoms with Gasteiger partial charge >= 0.3 is 0 Å². The summed E-state index contributed by atoms with van der Waals surface area (Å²) < 4.78 is 0. The summed E-state index contributed by atoms with van der Waals surface area (Å²) in [6.07, 6.45) is 6.84. The highest BCUT2D eigenvalue weighted by Crippen LogP contribution is 2.31. The van der Waals surface area contributed by atoms with Crippen LogP contribution in [0.25, 0.3) is 0 Å². The lowest BCUT2D eigenvalue weighted by Crippen LogP contribution is -2.29. The molecule has 4 heteroatoms. The Morgan fingerprint density at radius 2 is 1.14 bits per heavy atom. The molecule has 1 atom stereocenters. The summed E-state index contributed by atoms with van der Waals surface area (Å²) in [4.78, 5) is 34.3. The van der Waals surface area contributed by atoms with Crippen molar-refractivity contribution < 1.29 is 19.4 Å². The standard InChI is InChI=1S/C18H22O2.C14H10O2/c1-17(2,15-11-7-5-8-12-15)19-20-18(3,4)16-13-9-6-10-14-16;15-10-12-8-4-5-9-13(12)14(16)11-6-2-1-3-7-11/h5-14H,1-4H3;1-9,13H. The first-order valence-corrected chi connectivity index (χ1v) is 11.9. The predicted octanol–water partition coefficient (Wildman–Crippen LogP) is 7.17. The van der Waals surface area contributed by atoms with Gasteiger partial charge < -0.3 is 0 Å². The van der Waals surface area contributed by atoms with Gasteiger partial charge in [0.2, 0.25) is 0 Å². The van der Waals surface area contributed by atoms with Crippen LogP contribution in [0.1, 0.15) is 49.2 Å². The van der Waals surface area contributed by atoms with E-state index in [0.29, 0.717) is 11.1 Å². The Bertz CT molecular complexity index is 1180. The molecule has 1 unspecified atom stereocenters. The van der Waals surface area contributed by atoms with Crippen LogP contribution in [-0.4, -0.2) is 11.7 Å². The zero-order valence-electron chi connectivity index (χ0n) is 21.2. The van der Waals surface area contributed by atoms with Crippen LogP contribution in [0.4, 0.5) is 0 Å². The van der Waals surface area contributed by atoms with Gasteiger partial charge in [-0.1, -0.05) is 109 Å². The lowest BCUT2D eigenvalue weighted by Gasteiger charge is -2.31. The molecule has 0 amide bonds. The normalized spacial score (nSPS) is 15.0. The fourth-order valence-corrected chi connectivity index (χ4v) is 3.63. The van der Waals surface area contributed by atoms with Gasteiger partial charge in [0.15, 0.2) is 5.78 Å². The second-order valence-electron chi connectivity index (χ2n) is 9.43. The van der Waals surface area contributed by atoms with Crippen molar-refractivity contribution in [1.82, 2.24) is 0 Å². The maximum absolute atomic E-state index is 12.1. The van der Waals surface area contributed by atoms with Crippen molar-refractivity contribution in [2.45, 2.75) is 38.9 Å². The molecule has 4 rings (SSSR count). The third-order valence-electron chi connectivity index (χ3n) is 5.88. The molecule has 184 valence electrons. The van der Waals surface area contributed by atoms with Crippen LogP contribution in [0.15, 0.2) is 121 Å². The monoisotopic (exact) mass is 480 g/mol. The van der Waals surface area contributed by atoms with Gasteiger partial charge in [0.1, 0.15) is 17.1 Å². The minimum atomic E-state index is -0.495. The van der Waals surface area contributed by atoms with Crippen LogP contribution in [0.5, 0.6) is 0 Å². The summed E-state index contributed by atoms with van der Waals surface area (Å²) in [5, 5.41) is 0. The Hall–Kier alpha value is -3.82. The number of allylic oxidation sites excluding steroid dienone is 5. The molecule has 0 N–H and O–H groups in total. The van der Waals surface area contributed by atoms with Crippen LogP contribution < -0.4 is 0 Å². The van der Waals surface area contributed by atoms with E-state index in [9.17, 15) is 9.59 Å². The van der Waals surface area contributed by atoms with Crippen LogP contribution in [0.2, 0.25) is 0 Å². The quantitative estimate of drug-likeness (QED) is 0.156. The fraction of sp³-hybridized carbons (Fsp3) is 0.219. The predicted molar refractivity (Wildman–Crippen MR) is 143 cm³/mol. The minimum absolute atomic E-state index is 0.0699. The van der Waals surface area contributed by atoms with Gasteiger partial charge in [-0.05, 0) is 44.9 Å². The van der Waals surface area contributed by atoms with E-state index >= 15 is 0 Å². The van der Waals surface area contributed by atoms with Gasteiger partial charge in [0, 0.05) is 5.56 Å². The number of benzene rings is 3. The molecule has 3 aromatic rings. The molecule has 3 aromatic carbocycles. The summed E-state index contributed by atoms with van der Waals surface area (Å²) >= 11 is 0. The number of carbonyl (C=O) groups is 1. The molecule has 4 nitrogen and oxygen atoms in total. The minimum Gasteiger partial charge on any atom is -0.293 e. The lowest BCUT2D eigenvalue weighted by atomic mass is 9.88. The van der Waals surface area contributed by atoms with E-state index in [2.05, 4.69) is 0 Å². The van der Waals surface area contributed by atoms with E-state index in [1.165, 1.54) is 0 Å². The fourth-order valence-electron chi connectivity index (χ4n) is 3.63. The van der Waals surface area contributed by atoms with Crippen molar-refractivity contribution >= 4 is 11.7 Å². The number of ketones is 1. The lowest BCUT2D eigenvalue weighted by molar-refractivity contribution is -0.410. The second-order valence-corrected chi connectivity index (χ2v) is 9.43. The summed E-state index contributed by atoms with van der Waals surface area (Å²) in [7, 11) is 0. The van der Waals surface area contributed by atoms with Crippen molar-refractivity contribution in [3.8, 4) is 0 Å². The highest BCUT2D eigenvalue weighted by molar-refractivity contribution is 6.02. The van der Waals surface area contributed by atoms with Crippen molar-refractivity contribution in [1.29, 1.82) is 0 Å². The van der Waals surface area contributed by atoms with Crippen molar-refractivity contribution in [2.75, 3.05) is 0 Å². The average molecular weight is 481 g/mol. The van der Waals surface area contributed by atoms with Gasteiger partial charge in [0.25, 0.3) is 0 Å². The summed E-state index contributed by atoms with van der Waals surface area (Å²) in [6.45, 7) is 8.01. The van der Waals surface area contributed by atoms with Crippen LogP contribution in [0.3, 0.4) is 0 Å². The molecular formula is C32H32O4. The van der Waals surface area contributed by atoms with Crippen LogP contribution >= 0.6 is 0 Å². The Morgan fingerprint density at radius 1 is 0.694 bits per heavy atom. The summed E-state index contributed by atoms with van der Waals surface area (Å²) in [5.41, 5.74) is 2.19. The molecule has 0 saturated carbocycles. The van der Waals surface area contributed by atoms with Gasteiger partial charge in [-0.2, -0.15) is 0 Å². The van der Waals surface area contributed by atoms with Crippen LogP contribution in [0, 0.1) is 5.92 Å². The van der Waals surface area contributed by atoms with Crippen molar-refractivity contribution in [3.05, 3.63) is 138 Å². The van der Waals surface area contributed by atoms with Crippen LogP contribution in [-0.2, 0) is 25.8 Å². The Morgan fingerprint density at radius 3 is 1.58 bits per heavy atom. The molecule has 0 fully saturated rings. The van der Waals surface area contributed by atoms with E-state index in [4.69, 9.17) is 9.78 Å². The first kappa shape index (κ1) is 26.8. The van der Waals surface area contributed by atoms with Gasteiger partial charge in [-0.25, -0.2) is 14.6 Å². The van der Waals surface area contributed by atoms with Crippen molar-refractivity contribution in [3.63, 3.8) is 0 Å². The first-order valence-electron chi connectivity index (χ1n) is 11.9. The van der Waals surface area contributed by atoms with Gasteiger partial charge in [-0.3, -0.25) is 4.79 Å². The molecule has 1 aliphatic carbocycles. The van der Waals surface area contributed by atoms with Gasteiger partial charge in [-0.15, -0.1) is 0 Å². The Kier molecular flexibility index (Phi) is 9.10. The molecule has 0 spiro atoms. The number of rotatable bonds is 7. The Labute approximate surface area is 213 Å². The van der Waals surface area contributed by atoms with E-state index in [1.807, 2.05) is 100 Å². The third kappa shape index (κ3) is 7.10. The first-order chi connectivity index (χ1) is 17.2. The average Bonchev–Trinajstić information content (AvgIpc) is 2.93. The maximum Gasteiger partial charge on any atom is 0.174 e. The molecule has 1 aliphatic rings.